The summed E-state index contributed by atoms with van der Waals surface area (Å²) in [6.45, 7) is 2.55. The average molecular weight is 348 g/mol. The molecule has 0 radical (unpaired) electrons. The molecule has 0 fully saturated rings. The summed E-state index contributed by atoms with van der Waals surface area (Å²) in [5.74, 6) is 0.766. The van der Waals surface area contributed by atoms with Gasteiger partial charge in [0.15, 0.2) is 9.84 Å². The van der Waals surface area contributed by atoms with E-state index in [1.54, 1.807) is 18.2 Å². The zero-order valence-corrected chi connectivity index (χ0v) is 14.4. The number of aryl methyl sites for hydroxylation is 1. The van der Waals surface area contributed by atoms with Gasteiger partial charge in [0.05, 0.1) is 17.1 Å². The van der Waals surface area contributed by atoms with Crippen molar-refractivity contribution in [2.75, 3.05) is 24.7 Å². The number of benzene rings is 2. The SMILES string of the molecule is Cc1ccccc1OCCNC(=O)Nc1ccccc1S(C)(=O)=O. The Morgan fingerprint density at radius 2 is 1.75 bits per heavy atom. The number of ether oxygens (including phenoxy) is 1. The topological polar surface area (TPSA) is 84.5 Å². The molecule has 0 aromatic heterocycles. The third-order valence-corrected chi connectivity index (χ3v) is 4.43. The lowest BCUT2D eigenvalue weighted by molar-refractivity contribution is 0.247. The number of rotatable bonds is 6. The Morgan fingerprint density at radius 1 is 1.08 bits per heavy atom. The first-order valence-electron chi connectivity index (χ1n) is 7.40. The minimum absolute atomic E-state index is 0.0799. The molecule has 128 valence electrons. The molecule has 0 aliphatic carbocycles. The molecular weight excluding hydrogens is 328 g/mol. The van der Waals surface area contributed by atoms with Gasteiger partial charge in [-0.15, -0.1) is 0 Å². The van der Waals surface area contributed by atoms with Gasteiger partial charge in [0.2, 0.25) is 0 Å². The van der Waals surface area contributed by atoms with E-state index in [0.717, 1.165) is 17.6 Å². The number of anilines is 1. The normalized spacial score (nSPS) is 10.9. The fourth-order valence-corrected chi connectivity index (χ4v) is 2.95. The van der Waals surface area contributed by atoms with Crippen molar-refractivity contribution in [2.24, 2.45) is 0 Å². The lowest BCUT2D eigenvalue weighted by Crippen LogP contribution is -2.32. The summed E-state index contributed by atoms with van der Waals surface area (Å²) in [5, 5.41) is 5.17. The predicted molar refractivity (Wildman–Crippen MR) is 93.2 cm³/mol. The smallest absolute Gasteiger partial charge is 0.319 e. The standard InChI is InChI=1S/C17H20N2O4S/c1-13-7-3-5-9-15(13)23-12-11-18-17(20)19-14-8-4-6-10-16(14)24(2,21)22/h3-10H,11-12H2,1-2H3,(H2,18,19,20). The molecule has 0 spiro atoms. The highest BCUT2D eigenvalue weighted by atomic mass is 32.2. The zero-order valence-electron chi connectivity index (χ0n) is 13.6. The van der Waals surface area contributed by atoms with Crippen LogP contribution in [0.1, 0.15) is 5.56 Å². The van der Waals surface area contributed by atoms with E-state index in [4.69, 9.17) is 4.74 Å². The van der Waals surface area contributed by atoms with Crippen molar-refractivity contribution in [1.29, 1.82) is 0 Å². The molecule has 0 heterocycles. The van der Waals surface area contributed by atoms with Crippen LogP contribution >= 0.6 is 0 Å². The first-order chi connectivity index (χ1) is 11.4. The summed E-state index contributed by atoms with van der Waals surface area (Å²) < 4.78 is 29.0. The quantitative estimate of drug-likeness (QED) is 0.786. The summed E-state index contributed by atoms with van der Waals surface area (Å²) in [4.78, 5) is 12.0. The molecule has 2 N–H and O–H groups in total. The van der Waals surface area contributed by atoms with Crippen molar-refractivity contribution in [3.05, 3.63) is 54.1 Å². The highest BCUT2D eigenvalue weighted by Crippen LogP contribution is 2.20. The highest BCUT2D eigenvalue weighted by Gasteiger charge is 2.14. The van der Waals surface area contributed by atoms with Crippen LogP contribution in [0.4, 0.5) is 10.5 Å². The molecule has 7 heteroatoms. The van der Waals surface area contributed by atoms with Gasteiger partial charge < -0.3 is 15.4 Å². The van der Waals surface area contributed by atoms with Crippen LogP contribution in [0.15, 0.2) is 53.4 Å². The van der Waals surface area contributed by atoms with Gasteiger partial charge in [-0.3, -0.25) is 0 Å². The number of nitrogens with one attached hydrogen (secondary N) is 2. The van der Waals surface area contributed by atoms with E-state index in [1.807, 2.05) is 31.2 Å². The van der Waals surface area contributed by atoms with E-state index in [-0.39, 0.29) is 10.6 Å². The Morgan fingerprint density at radius 3 is 2.46 bits per heavy atom. The van der Waals surface area contributed by atoms with Gasteiger partial charge >= 0.3 is 6.03 Å². The number of urea groups is 1. The van der Waals surface area contributed by atoms with Crippen LogP contribution in [0.3, 0.4) is 0 Å². The van der Waals surface area contributed by atoms with Crippen LogP contribution in [-0.2, 0) is 9.84 Å². The molecule has 0 saturated carbocycles. The number of carbonyl (C=O) groups is 1. The summed E-state index contributed by atoms with van der Waals surface area (Å²) in [7, 11) is -3.41. The van der Waals surface area contributed by atoms with Crippen molar-refractivity contribution in [3.63, 3.8) is 0 Å². The summed E-state index contributed by atoms with van der Waals surface area (Å²) in [5.41, 5.74) is 1.27. The molecular formula is C17H20N2O4S. The lowest BCUT2D eigenvalue weighted by atomic mass is 10.2. The molecule has 2 aromatic carbocycles. The number of hydrogen-bond acceptors (Lipinski definition) is 4. The second-order valence-corrected chi connectivity index (χ2v) is 7.25. The average Bonchev–Trinajstić information content (AvgIpc) is 2.52. The Labute approximate surface area is 141 Å². The molecule has 2 rings (SSSR count). The van der Waals surface area contributed by atoms with E-state index in [0.29, 0.717) is 13.2 Å². The Balaban J connectivity index is 1.85. The first kappa shape index (κ1) is 17.8. The van der Waals surface area contributed by atoms with Crippen LogP contribution in [0.2, 0.25) is 0 Å². The van der Waals surface area contributed by atoms with Crippen molar-refractivity contribution < 1.29 is 17.9 Å². The largest absolute Gasteiger partial charge is 0.491 e. The predicted octanol–water partition coefficient (Wildman–Crippen LogP) is 2.60. The first-order valence-corrected chi connectivity index (χ1v) is 9.29. The molecule has 24 heavy (non-hydrogen) atoms. The summed E-state index contributed by atoms with van der Waals surface area (Å²) >= 11 is 0. The van der Waals surface area contributed by atoms with Crippen molar-refractivity contribution in [1.82, 2.24) is 5.32 Å². The van der Waals surface area contributed by atoms with Gasteiger partial charge in [0, 0.05) is 6.26 Å². The van der Waals surface area contributed by atoms with Gasteiger partial charge in [0.1, 0.15) is 12.4 Å². The molecule has 0 atom stereocenters. The van der Waals surface area contributed by atoms with E-state index in [9.17, 15) is 13.2 Å². The maximum Gasteiger partial charge on any atom is 0.319 e. The van der Waals surface area contributed by atoms with Crippen LogP contribution < -0.4 is 15.4 Å². The van der Waals surface area contributed by atoms with Crippen molar-refractivity contribution in [3.8, 4) is 5.75 Å². The van der Waals surface area contributed by atoms with E-state index >= 15 is 0 Å². The number of sulfone groups is 1. The molecule has 0 saturated heterocycles. The zero-order chi connectivity index (χ0) is 17.6. The van der Waals surface area contributed by atoms with Crippen LogP contribution in [0.25, 0.3) is 0 Å². The molecule has 0 aliphatic heterocycles. The second-order valence-electron chi connectivity index (χ2n) is 5.26. The van der Waals surface area contributed by atoms with Gasteiger partial charge in [-0.1, -0.05) is 30.3 Å². The molecule has 2 amide bonds. The highest BCUT2D eigenvalue weighted by molar-refractivity contribution is 7.90. The molecule has 0 unspecified atom stereocenters. The van der Waals surface area contributed by atoms with Gasteiger partial charge in [-0.25, -0.2) is 13.2 Å². The maximum atomic E-state index is 11.9. The Kier molecular flexibility index (Phi) is 5.81. The van der Waals surface area contributed by atoms with Crippen LogP contribution in [0.5, 0.6) is 5.75 Å². The fourth-order valence-electron chi connectivity index (χ4n) is 2.10. The maximum absolute atomic E-state index is 11.9. The lowest BCUT2D eigenvalue weighted by Gasteiger charge is -2.12. The monoisotopic (exact) mass is 348 g/mol. The minimum atomic E-state index is -3.41. The third-order valence-electron chi connectivity index (χ3n) is 3.27. The summed E-state index contributed by atoms with van der Waals surface area (Å²) in [6.07, 6.45) is 1.10. The Bertz CT molecular complexity index is 819. The minimum Gasteiger partial charge on any atom is -0.491 e. The third kappa shape index (κ3) is 4.99. The number of para-hydroxylation sites is 2. The van der Waals surface area contributed by atoms with Crippen LogP contribution in [-0.4, -0.2) is 33.9 Å². The molecule has 0 bridgehead atoms. The number of carbonyl (C=O) groups excluding carboxylic acids is 1. The van der Waals surface area contributed by atoms with Crippen molar-refractivity contribution >= 4 is 21.6 Å². The van der Waals surface area contributed by atoms with E-state index < -0.39 is 15.9 Å². The Hall–Kier alpha value is -2.54. The van der Waals surface area contributed by atoms with Gasteiger partial charge in [-0.05, 0) is 30.7 Å². The number of amides is 2. The van der Waals surface area contributed by atoms with E-state index in [2.05, 4.69) is 10.6 Å². The number of hydrogen-bond donors (Lipinski definition) is 2. The van der Waals surface area contributed by atoms with Gasteiger partial charge in [-0.2, -0.15) is 0 Å². The van der Waals surface area contributed by atoms with Crippen molar-refractivity contribution in [2.45, 2.75) is 11.8 Å². The van der Waals surface area contributed by atoms with E-state index in [1.165, 1.54) is 6.07 Å². The molecule has 6 nitrogen and oxygen atoms in total. The molecule has 0 aliphatic rings. The second kappa shape index (κ2) is 7.83. The van der Waals surface area contributed by atoms with Crippen LogP contribution in [0, 0.1) is 6.92 Å². The fraction of sp³-hybridized carbons (Fsp3) is 0.235. The molecule has 2 aromatic rings. The summed E-state index contributed by atoms with van der Waals surface area (Å²) in [6, 6.07) is 13.4. The van der Waals surface area contributed by atoms with Gasteiger partial charge in [0.25, 0.3) is 0 Å².